The van der Waals surface area contributed by atoms with Gasteiger partial charge in [-0.2, -0.15) is 0 Å². The molecule has 2 aromatic carbocycles. The molecule has 0 saturated heterocycles. The van der Waals surface area contributed by atoms with E-state index in [1.807, 2.05) is 30.3 Å². The summed E-state index contributed by atoms with van der Waals surface area (Å²) >= 11 is 0. The van der Waals surface area contributed by atoms with Crippen LogP contribution in [-0.4, -0.2) is 11.0 Å². The highest BCUT2D eigenvalue weighted by molar-refractivity contribution is 6.04. The van der Waals surface area contributed by atoms with Crippen molar-refractivity contribution in [3.8, 4) is 0 Å². The molecule has 5 nitrogen and oxygen atoms in total. The number of rotatable bonds is 3. The van der Waals surface area contributed by atoms with E-state index in [9.17, 15) is 9.18 Å². The summed E-state index contributed by atoms with van der Waals surface area (Å²) in [5.41, 5.74) is 2.66. The third kappa shape index (κ3) is 2.89. The van der Waals surface area contributed by atoms with E-state index in [2.05, 4.69) is 15.6 Å². The minimum Gasteiger partial charge on any atom is -0.353 e. The van der Waals surface area contributed by atoms with Crippen molar-refractivity contribution >= 4 is 28.9 Å². The summed E-state index contributed by atoms with van der Waals surface area (Å²) in [4.78, 5) is 18.2. The van der Waals surface area contributed by atoms with Crippen molar-refractivity contribution in [1.82, 2.24) is 4.98 Å². The van der Waals surface area contributed by atoms with Gasteiger partial charge in [-0.1, -0.05) is 30.3 Å². The molecule has 0 atom stereocenters. The van der Waals surface area contributed by atoms with E-state index in [-0.39, 0.29) is 11.8 Å². The maximum absolute atomic E-state index is 14.0. The van der Waals surface area contributed by atoms with Gasteiger partial charge in [0.2, 0.25) is 0 Å². The number of benzene rings is 2. The Morgan fingerprint density at radius 3 is 2.56 bits per heavy atom. The SMILES string of the molecule is O=C1Nc2nccc(Nc3ccccc3F)c2CN1c1ccccc1. The molecule has 1 aliphatic heterocycles. The minimum absolute atomic E-state index is 0.241. The molecule has 25 heavy (non-hydrogen) atoms. The van der Waals surface area contributed by atoms with Crippen LogP contribution in [0.5, 0.6) is 0 Å². The fourth-order valence-electron chi connectivity index (χ4n) is 2.80. The van der Waals surface area contributed by atoms with Gasteiger partial charge >= 0.3 is 6.03 Å². The Balaban J connectivity index is 1.71. The molecular formula is C19H15FN4O. The zero-order chi connectivity index (χ0) is 17.2. The van der Waals surface area contributed by atoms with Gasteiger partial charge in [-0.05, 0) is 30.3 Å². The fraction of sp³-hybridized carbons (Fsp3) is 0.0526. The van der Waals surface area contributed by atoms with Gasteiger partial charge in [0.25, 0.3) is 0 Å². The van der Waals surface area contributed by atoms with E-state index in [0.29, 0.717) is 23.7 Å². The number of halogens is 1. The van der Waals surface area contributed by atoms with Crippen molar-refractivity contribution in [2.75, 3.05) is 15.5 Å². The number of nitrogens with zero attached hydrogens (tertiary/aromatic N) is 2. The van der Waals surface area contributed by atoms with E-state index in [0.717, 1.165) is 11.3 Å². The second-order valence-corrected chi connectivity index (χ2v) is 5.64. The van der Waals surface area contributed by atoms with E-state index in [1.165, 1.54) is 6.07 Å². The number of carbonyl (C=O) groups excluding carboxylic acids is 1. The number of pyridine rings is 1. The number of hydrogen-bond donors (Lipinski definition) is 2. The summed E-state index contributed by atoms with van der Waals surface area (Å²) in [7, 11) is 0. The summed E-state index contributed by atoms with van der Waals surface area (Å²) in [6.07, 6.45) is 1.58. The van der Waals surface area contributed by atoms with Gasteiger partial charge in [0, 0.05) is 23.1 Å². The summed E-state index contributed by atoms with van der Waals surface area (Å²) in [6, 6.07) is 17.4. The summed E-state index contributed by atoms with van der Waals surface area (Å²) in [5.74, 6) is 0.145. The number of fused-ring (bicyclic) bond motifs is 1. The van der Waals surface area contributed by atoms with Crippen LogP contribution < -0.4 is 15.5 Å². The molecule has 2 heterocycles. The molecule has 0 bridgehead atoms. The van der Waals surface area contributed by atoms with Crippen LogP contribution in [0.15, 0.2) is 66.9 Å². The van der Waals surface area contributed by atoms with Gasteiger partial charge in [-0.3, -0.25) is 10.2 Å². The Kier molecular flexibility index (Phi) is 3.78. The lowest BCUT2D eigenvalue weighted by molar-refractivity contribution is 0.256. The molecule has 0 aliphatic carbocycles. The van der Waals surface area contributed by atoms with Crippen molar-refractivity contribution in [2.24, 2.45) is 0 Å². The van der Waals surface area contributed by atoms with Crippen molar-refractivity contribution < 1.29 is 9.18 Å². The molecular weight excluding hydrogens is 319 g/mol. The standard InChI is InChI=1S/C19H15FN4O/c20-15-8-4-5-9-17(15)22-16-10-11-21-18-14(16)12-24(19(25)23-18)13-6-2-1-3-7-13/h1-11H,12H2,(H2,21,22,23,25). The molecule has 0 fully saturated rings. The number of aromatic nitrogens is 1. The zero-order valence-electron chi connectivity index (χ0n) is 13.2. The van der Waals surface area contributed by atoms with Crippen LogP contribution in [0.2, 0.25) is 0 Å². The molecule has 0 unspecified atom stereocenters. The van der Waals surface area contributed by atoms with Crippen LogP contribution in [0.25, 0.3) is 0 Å². The number of urea groups is 1. The van der Waals surface area contributed by atoms with E-state index in [4.69, 9.17) is 0 Å². The lowest BCUT2D eigenvalue weighted by atomic mass is 10.1. The number of nitrogens with one attached hydrogen (secondary N) is 2. The Morgan fingerprint density at radius 2 is 1.76 bits per heavy atom. The Bertz CT molecular complexity index is 930. The summed E-state index contributed by atoms with van der Waals surface area (Å²) < 4.78 is 14.0. The Hall–Kier alpha value is -3.41. The first-order chi connectivity index (χ1) is 12.2. The quantitative estimate of drug-likeness (QED) is 0.740. The Labute approximate surface area is 144 Å². The van der Waals surface area contributed by atoms with Crippen LogP contribution in [0.3, 0.4) is 0 Å². The molecule has 2 amide bonds. The van der Waals surface area contributed by atoms with Crippen molar-refractivity contribution in [1.29, 1.82) is 0 Å². The highest BCUT2D eigenvalue weighted by Gasteiger charge is 2.26. The predicted octanol–water partition coefficient (Wildman–Crippen LogP) is 4.52. The average Bonchev–Trinajstić information content (AvgIpc) is 2.64. The molecule has 1 aromatic heterocycles. The van der Waals surface area contributed by atoms with Crippen LogP contribution in [-0.2, 0) is 6.54 Å². The predicted molar refractivity (Wildman–Crippen MR) is 95.6 cm³/mol. The maximum atomic E-state index is 14.0. The summed E-state index contributed by atoms with van der Waals surface area (Å²) in [5, 5.41) is 5.89. The van der Waals surface area contributed by atoms with Crippen molar-refractivity contribution in [3.63, 3.8) is 0 Å². The average molecular weight is 334 g/mol. The molecule has 0 spiro atoms. The summed E-state index contributed by atoms with van der Waals surface area (Å²) in [6.45, 7) is 0.343. The molecule has 2 N–H and O–H groups in total. The van der Waals surface area contributed by atoms with Crippen LogP contribution in [0.1, 0.15) is 5.56 Å². The highest BCUT2D eigenvalue weighted by Crippen LogP contribution is 2.32. The second-order valence-electron chi connectivity index (χ2n) is 5.64. The lowest BCUT2D eigenvalue weighted by Crippen LogP contribution is -2.39. The normalized spacial score (nSPS) is 13.2. The minimum atomic E-state index is -0.340. The van der Waals surface area contributed by atoms with Crippen LogP contribution >= 0.6 is 0 Å². The largest absolute Gasteiger partial charge is 0.353 e. The molecule has 124 valence electrons. The number of anilines is 4. The maximum Gasteiger partial charge on any atom is 0.327 e. The first-order valence-electron chi connectivity index (χ1n) is 7.85. The van der Waals surface area contributed by atoms with Crippen molar-refractivity contribution in [2.45, 2.75) is 6.54 Å². The molecule has 0 saturated carbocycles. The molecule has 6 heteroatoms. The van der Waals surface area contributed by atoms with E-state index in [1.54, 1.807) is 35.4 Å². The first kappa shape index (κ1) is 15.1. The zero-order valence-corrected chi connectivity index (χ0v) is 13.2. The third-order valence-electron chi connectivity index (χ3n) is 4.05. The fourth-order valence-corrected chi connectivity index (χ4v) is 2.80. The molecule has 0 radical (unpaired) electrons. The van der Waals surface area contributed by atoms with Gasteiger partial charge in [0.05, 0.1) is 12.2 Å². The van der Waals surface area contributed by atoms with Gasteiger partial charge in [0.15, 0.2) is 0 Å². The van der Waals surface area contributed by atoms with Gasteiger partial charge < -0.3 is 5.32 Å². The van der Waals surface area contributed by atoms with E-state index < -0.39 is 0 Å². The van der Waals surface area contributed by atoms with Crippen molar-refractivity contribution in [3.05, 3.63) is 78.2 Å². The number of hydrogen-bond acceptors (Lipinski definition) is 3. The topological polar surface area (TPSA) is 57.3 Å². The first-order valence-corrected chi connectivity index (χ1v) is 7.85. The van der Waals surface area contributed by atoms with Gasteiger partial charge in [0.1, 0.15) is 11.6 Å². The number of amides is 2. The molecule has 3 aromatic rings. The number of carbonyl (C=O) groups is 1. The monoisotopic (exact) mass is 334 g/mol. The van der Waals surface area contributed by atoms with Crippen LogP contribution in [0.4, 0.5) is 32.1 Å². The smallest absolute Gasteiger partial charge is 0.327 e. The lowest BCUT2D eigenvalue weighted by Gasteiger charge is -2.30. The van der Waals surface area contributed by atoms with Crippen LogP contribution in [0, 0.1) is 5.82 Å². The highest BCUT2D eigenvalue weighted by atomic mass is 19.1. The van der Waals surface area contributed by atoms with Gasteiger partial charge in [-0.15, -0.1) is 0 Å². The third-order valence-corrected chi connectivity index (χ3v) is 4.05. The second kappa shape index (κ2) is 6.24. The molecule has 1 aliphatic rings. The van der Waals surface area contributed by atoms with E-state index >= 15 is 0 Å². The molecule has 4 rings (SSSR count). The van der Waals surface area contributed by atoms with Gasteiger partial charge in [-0.25, -0.2) is 14.2 Å². The number of para-hydroxylation sites is 2. The Morgan fingerprint density at radius 1 is 1.00 bits per heavy atom.